The van der Waals surface area contributed by atoms with Gasteiger partial charge in [0, 0.05) is 19.0 Å². The number of benzene rings is 1. The maximum Gasteiger partial charge on any atom is 0.270 e. The molecule has 0 radical (unpaired) electrons. The van der Waals surface area contributed by atoms with E-state index in [2.05, 4.69) is 21.5 Å². The Morgan fingerprint density at radius 2 is 2.19 bits per heavy atom. The van der Waals surface area contributed by atoms with Crippen molar-refractivity contribution in [2.45, 2.75) is 31.9 Å². The van der Waals surface area contributed by atoms with E-state index < -0.39 is 18.1 Å². The highest BCUT2D eigenvalue weighted by Gasteiger charge is 2.26. The standard InChI is InChI=1S/C23H23N5O3/c1-15-19(13-24)17(11-16-3-5-18(6-4-16)28-9-2-8-25-28)12-20(26-15)23(30)27-21-14-31-10-7-22(21)29/h2-6,8-9,12,21-22,29H,7,10-11,14H2,1H3,(H,27,30)/t21-,22-/m0/s1. The number of hydrogen-bond donors (Lipinski definition) is 2. The molecule has 8 nitrogen and oxygen atoms in total. The van der Waals surface area contributed by atoms with Gasteiger partial charge in [0.05, 0.1) is 35.7 Å². The predicted octanol–water partition coefficient (Wildman–Crippen LogP) is 1.92. The lowest BCUT2D eigenvalue weighted by atomic mass is 9.98. The van der Waals surface area contributed by atoms with Crippen LogP contribution in [0.15, 0.2) is 48.8 Å². The van der Waals surface area contributed by atoms with Crippen molar-refractivity contribution in [1.29, 1.82) is 5.26 Å². The molecule has 0 bridgehead atoms. The third-order valence-corrected chi connectivity index (χ3v) is 5.36. The topological polar surface area (TPSA) is 113 Å². The number of nitrogens with one attached hydrogen (secondary N) is 1. The van der Waals surface area contributed by atoms with Crippen molar-refractivity contribution in [2.24, 2.45) is 0 Å². The highest BCUT2D eigenvalue weighted by atomic mass is 16.5. The van der Waals surface area contributed by atoms with Crippen molar-refractivity contribution in [3.63, 3.8) is 0 Å². The predicted molar refractivity (Wildman–Crippen MR) is 113 cm³/mol. The van der Waals surface area contributed by atoms with Crippen LogP contribution in [-0.2, 0) is 11.2 Å². The minimum absolute atomic E-state index is 0.220. The number of nitriles is 1. The largest absolute Gasteiger partial charge is 0.391 e. The van der Waals surface area contributed by atoms with Gasteiger partial charge in [0.15, 0.2) is 0 Å². The molecule has 1 fully saturated rings. The van der Waals surface area contributed by atoms with Crippen LogP contribution in [0, 0.1) is 18.3 Å². The molecule has 158 valence electrons. The van der Waals surface area contributed by atoms with Gasteiger partial charge < -0.3 is 15.2 Å². The molecule has 3 aromatic rings. The summed E-state index contributed by atoms with van der Waals surface area (Å²) in [6.45, 7) is 2.46. The Kier molecular flexibility index (Phi) is 6.07. The normalized spacial score (nSPS) is 18.4. The Balaban J connectivity index is 1.56. The average Bonchev–Trinajstić information content (AvgIpc) is 3.30. The van der Waals surface area contributed by atoms with Gasteiger partial charge in [-0.25, -0.2) is 9.67 Å². The number of nitrogens with zero attached hydrogens (tertiary/aromatic N) is 4. The van der Waals surface area contributed by atoms with E-state index >= 15 is 0 Å². The van der Waals surface area contributed by atoms with E-state index in [1.807, 2.05) is 36.5 Å². The first-order valence-corrected chi connectivity index (χ1v) is 10.1. The van der Waals surface area contributed by atoms with Gasteiger partial charge in [-0.2, -0.15) is 10.4 Å². The molecule has 0 saturated carbocycles. The third-order valence-electron chi connectivity index (χ3n) is 5.36. The summed E-state index contributed by atoms with van der Waals surface area (Å²) < 4.78 is 7.12. The van der Waals surface area contributed by atoms with Gasteiger partial charge in [-0.1, -0.05) is 12.1 Å². The molecule has 31 heavy (non-hydrogen) atoms. The fourth-order valence-electron chi connectivity index (χ4n) is 3.66. The number of carbonyl (C=O) groups excluding carboxylic acids is 1. The molecule has 3 heterocycles. The lowest BCUT2D eigenvalue weighted by Gasteiger charge is -2.28. The Hall–Kier alpha value is -3.54. The zero-order valence-corrected chi connectivity index (χ0v) is 17.2. The number of rotatable bonds is 5. The number of aliphatic hydroxyl groups is 1. The van der Waals surface area contributed by atoms with Crippen molar-refractivity contribution in [3.8, 4) is 11.8 Å². The molecule has 0 unspecified atom stereocenters. The van der Waals surface area contributed by atoms with Gasteiger partial charge in [-0.15, -0.1) is 0 Å². The number of ether oxygens (including phenoxy) is 1. The number of amides is 1. The van der Waals surface area contributed by atoms with Crippen LogP contribution in [0.5, 0.6) is 0 Å². The number of pyridine rings is 1. The molecular formula is C23H23N5O3. The summed E-state index contributed by atoms with van der Waals surface area (Å²) in [6.07, 6.45) is 3.91. The summed E-state index contributed by atoms with van der Waals surface area (Å²) in [6, 6.07) is 13.1. The van der Waals surface area contributed by atoms with E-state index in [-0.39, 0.29) is 12.3 Å². The maximum absolute atomic E-state index is 12.8. The van der Waals surface area contributed by atoms with E-state index in [4.69, 9.17) is 4.74 Å². The number of aliphatic hydroxyl groups excluding tert-OH is 1. The van der Waals surface area contributed by atoms with Gasteiger partial charge in [0.2, 0.25) is 0 Å². The maximum atomic E-state index is 12.8. The number of aryl methyl sites for hydroxylation is 1. The fourth-order valence-corrected chi connectivity index (χ4v) is 3.66. The van der Waals surface area contributed by atoms with E-state index in [9.17, 15) is 15.2 Å². The van der Waals surface area contributed by atoms with E-state index in [0.29, 0.717) is 30.7 Å². The first kappa shape index (κ1) is 20.7. The van der Waals surface area contributed by atoms with Crippen molar-refractivity contribution in [1.82, 2.24) is 20.1 Å². The van der Waals surface area contributed by atoms with E-state index in [1.165, 1.54) is 0 Å². The van der Waals surface area contributed by atoms with Crippen molar-refractivity contribution in [2.75, 3.05) is 13.2 Å². The van der Waals surface area contributed by atoms with E-state index in [0.717, 1.165) is 16.8 Å². The molecule has 1 aliphatic rings. The molecule has 2 N–H and O–H groups in total. The van der Waals surface area contributed by atoms with Gasteiger partial charge in [0.1, 0.15) is 11.8 Å². The first-order valence-electron chi connectivity index (χ1n) is 10.1. The molecule has 1 amide bonds. The van der Waals surface area contributed by atoms with Crippen LogP contribution >= 0.6 is 0 Å². The quantitative estimate of drug-likeness (QED) is 0.656. The summed E-state index contributed by atoms with van der Waals surface area (Å²) in [5, 5.41) is 26.7. The molecule has 1 aromatic carbocycles. The summed E-state index contributed by atoms with van der Waals surface area (Å²) in [4.78, 5) is 17.1. The molecule has 2 atom stereocenters. The second-order valence-corrected chi connectivity index (χ2v) is 7.54. The van der Waals surface area contributed by atoms with Crippen molar-refractivity contribution in [3.05, 3.63) is 76.9 Å². The Morgan fingerprint density at radius 1 is 1.39 bits per heavy atom. The van der Waals surface area contributed by atoms with Crippen LogP contribution < -0.4 is 5.32 Å². The van der Waals surface area contributed by atoms with Gasteiger partial charge in [-0.05, 0) is 55.2 Å². The van der Waals surface area contributed by atoms with Crippen LogP contribution in [0.25, 0.3) is 5.69 Å². The highest BCUT2D eigenvalue weighted by molar-refractivity contribution is 5.93. The van der Waals surface area contributed by atoms with Crippen LogP contribution in [0.2, 0.25) is 0 Å². The molecule has 1 saturated heterocycles. The molecule has 2 aromatic heterocycles. The summed E-state index contributed by atoms with van der Waals surface area (Å²) >= 11 is 0. The fraction of sp³-hybridized carbons (Fsp3) is 0.304. The van der Waals surface area contributed by atoms with E-state index in [1.54, 1.807) is 23.9 Å². The van der Waals surface area contributed by atoms with Crippen LogP contribution in [0.1, 0.15) is 39.3 Å². The number of hydrogen-bond acceptors (Lipinski definition) is 6. The highest BCUT2D eigenvalue weighted by Crippen LogP contribution is 2.19. The van der Waals surface area contributed by atoms with Crippen LogP contribution in [0.3, 0.4) is 0 Å². The second-order valence-electron chi connectivity index (χ2n) is 7.54. The second kappa shape index (κ2) is 9.08. The van der Waals surface area contributed by atoms with Gasteiger partial charge in [-0.3, -0.25) is 4.79 Å². The van der Waals surface area contributed by atoms with Gasteiger partial charge >= 0.3 is 0 Å². The van der Waals surface area contributed by atoms with Crippen molar-refractivity contribution >= 4 is 5.91 Å². The lowest BCUT2D eigenvalue weighted by molar-refractivity contribution is -0.0140. The Labute approximate surface area is 180 Å². The van der Waals surface area contributed by atoms with Crippen molar-refractivity contribution < 1.29 is 14.6 Å². The molecule has 1 aliphatic heterocycles. The van der Waals surface area contributed by atoms with Crippen LogP contribution in [-0.4, -0.2) is 51.1 Å². The summed E-state index contributed by atoms with van der Waals surface area (Å²) in [5.41, 5.74) is 3.85. The molecule has 8 heteroatoms. The summed E-state index contributed by atoms with van der Waals surface area (Å²) in [7, 11) is 0. The van der Waals surface area contributed by atoms with Gasteiger partial charge in [0.25, 0.3) is 5.91 Å². The minimum Gasteiger partial charge on any atom is -0.391 e. The Bertz CT molecular complexity index is 1100. The molecular weight excluding hydrogens is 394 g/mol. The summed E-state index contributed by atoms with van der Waals surface area (Å²) in [5.74, 6) is -0.391. The zero-order chi connectivity index (χ0) is 21.8. The Morgan fingerprint density at radius 3 is 2.87 bits per heavy atom. The smallest absolute Gasteiger partial charge is 0.270 e. The third kappa shape index (κ3) is 4.63. The first-order chi connectivity index (χ1) is 15.0. The SMILES string of the molecule is Cc1nc(C(=O)N[C@H]2COCC[C@@H]2O)cc(Cc2ccc(-n3cccn3)cc2)c1C#N. The number of carbonyl (C=O) groups is 1. The zero-order valence-electron chi connectivity index (χ0n) is 17.2. The molecule has 4 rings (SSSR count). The lowest BCUT2D eigenvalue weighted by Crippen LogP contribution is -2.49. The average molecular weight is 417 g/mol. The monoisotopic (exact) mass is 417 g/mol. The number of aromatic nitrogens is 3. The molecule has 0 aliphatic carbocycles. The molecule has 0 spiro atoms. The van der Waals surface area contributed by atoms with Crippen LogP contribution in [0.4, 0.5) is 0 Å². The minimum atomic E-state index is -0.648.